The topological polar surface area (TPSA) is 63.6 Å². The van der Waals surface area contributed by atoms with Gasteiger partial charge < -0.3 is 9.84 Å². The number of ether oxygens (including phenoxy) is 1. The summed E-state index contributed by atoms with van der Waals surface area (Å²) in [6.45, 7) is 9.37. The lowest BCUT2D eigenvalue weighted by molar-refractivity contribution is -0.161. The van der Waals surface area contributed by atoms with Crippen LogP contribution >= 0.6 is 0 Å². The van der Waals surface area contributed by atoms with Crippen molar-refractivity contribution in [3.05, 3.63) is 0 Å². The molecule has 0 spiro atoms. The molecular weight excluding hydrogens is 256 g/mol. The summed E-state index contributed by atoms with van der Waals surface area (Å²) < 4.78 is 5.44. The maximum atomic E-state index is 12.2. The monoisotopic (exact) mass is 286 g/mol. The zero-order chi connectivity index (χ0) is 15.8. The molecule has 2 unspecified atom stereocenters. The Hall–Kier alpha value is -1.06. The summed E-state index contributed by atoms with van der Waals surface area (Å²) in [7, 11) is 0. The highest BCUT2D eigenvalue weighted by atomic mass is 16.6. The quantitative estimate of drug-likeness (QED) is 0.513. The van der Waals surface area contributed by atoms with Crippen molar-refractivity contribution in [1.29, 1.82) is 0 Å². The zero-order valence-electron chi connectivity index (χ0n) is 13.6. The van der Waals surface area contributed by atoms with Crippen LogP contribution in [0.1, 0.15) is 73.1 Å². The van der Waals surface area contributed by atoms with Gasteiger partial charge in [-0.05, 0) is 40.0 Å². The first-order valence-electron chi connectivity index (χ1n) is 7.63. The molecule has 0 saturated carbocycles. The van der Waals surface area contributed by atoms with E-state index in [4.69, 9.17) is 9.84 Å². The fourth-order valence-corrected chi connectivity index (χ4v) is 1.98. The molecule has 0 amide bonds. The van der Waals surface area contributed by atoms with Crippen molar-refractivity contribution in [2.45, 2.75) is 78.7 Å². The summed E-state index contributed by atoms with van der Waals surface area (Å²) in [5.74, 6) is -1.58. The molecule has 0 rings (SSSR count). The van der Waals surface area contributed by atoms with Gasteiger partial charge in [-0.3, -0.25) is 9.59 Å². The number of hydrogen-bond acceptors (Lipinski definition) is 3. The Balaban J connectivity index is 4.47. The second-order valence-electron chi connectivity index (χ2n) is 6.54. The molecule has 1 N–H and O–H groups in total. The Morgan fingerprint density at radius 2 is 1.70 bits per heavy atom. The number of hydrogen-bond donors (Lipinski definition) is 1. The summed E-state index contributed by atoms with van der Waals surface area (Å²) in [5, 5.41) is 8.92. The van der Waals surface area contributed by atoms with E-state index in [1.807, 2.05) is 20.8 Å². The van der Waals surface area contributed by atoms with E-state index in [1.54, 1.807) is 6.92 Å². The van der Waals surface area contributed by atoms with Crippen LogP contribution in [-0.4, -0.2) is 22.6 Å². The van der Waals surface area contributed by atoms with Crippen LogP contribution in [0.5, 0.6) is 0 Å². The predicted octanol–water partition coefficient (Wildman–Crippen LogP) is 4.03. The fraction of sp³-hybridized carbons (Fsp3) is 0.875. The molecule has 4 nitrogen and oxygen atoms in total. The molecular formula is C16H30O4. The molecule has 4 heteroatoms. The Kier molecular flexibility index (Phi) is 8.51. The van der Waals surface area contributed by atoms with Gasteiger partial charge in [-0.1, -0.05) is 33.1 Å². The predicted molar refractivity (Wildman–Crippen MR) is 79.5 cm³/mol. The highest BCUT2D eigenvalue weighted by Crippen LogP contribution is 2.23. The van der Waals surface area contributed by atoms with Gasteiger partial charge in [-0.2, -0.15) is 0 Å². The molecule has 118 valence electrons. The zero-order valence-corrected chi connectivity index (χ0v) is 13.6. The first-order chi connectivity index (χ1) is 9.17. The van der Waals surface area contributed by atoms with Gasteiger partial charge in [-0.25, -0.2) is 0 Å². The minimum atomic E-state index is -0.804. The minimum Gasteiger partial charge on any atom is -0.481 e. The third kappa shape index (κ3) is 8.94. The van der Waals surface area contributed by atoms with Crippen LogP contribution in [0.2, 0.25) is 0 Å². The van der Waals surface area contributed by atoms with E-state index in [0.29, 0.717) is 12.8 Å². The van der Waals surface area contributed by atoms with E-state index in [-0.39, 0.29) is 11.9 Å². The Morgan fingerprint density at radius 3 is 2.15 bits per heavy atom. The summed E-state index contributed by atoms with van der Waals surface area (Å²) in [6.07, 6.45) is 5.08. The fourth-order valence-electron chi connectivity index (χ4n) is 1.98. The van der Waals surface area contributed by atoms with Gasteiger partial charge in [0.2, 0.25) is 0 Å². The van der Waals surface area contributed by atoms with E-state index >= 15 is 0 Å². The van der Waals surface area contributed by atoms with Gasteiger partial charge in [0.1, 0.15) is 5.60 Å². The summed E-state index contributed by atoms with van der Waals surface area (Å²) in [6, 6.07) is 0. The first kappa shape index (κ1) is 18.9. The van der Waals surface area contributed by atoms with Gasteiger partial charge in [0, 0.05) is 0 Å². The molecule has 0 saturated heterocycles. The summed E-state index contributed by atoms with van der Waals surface area (Å²) in [5.41, 5.74) is -0.488. The molecule has 0 heterocycles. The second kappa shape index (κ2) is 8.98. The van der Waals surface area contributed by atoms with Crippen LogP contribution in [0.4, 0.5) is 0 Å². The van der Waals surface area contributed by atoms with Crippen LogP contribution in [0.25, 0.3) is 0 Å². The van der Waals surface area contributed by atoms with Gasteiger partial charge in [-0.15, -0.1) is 0 Å². The molecule has 0 aliphatic heterocycles. The molecule has 0 aliphatic carbocycles. The first-order valence-corrected chi connectivity index (χ1v) is 7.63. The minimum absolute atomic E-state index is 0.178. The molecule has 20 heavy (non-hydrogen) atoms. The molecule has 0 bridgehead atoms. The van der Waals surface area contributed by atoms with Crippen LogP contribution in [0.3, 0.4) is 0 Å². The number of rotatable bonds is 9. The number of carboxylic acid groups (broad SMARTS) is 1. The van der Waals surface area contributed by atoms with Crippen molar-refractivity contribution >= 4 is 11.9 Å². The number of esters is 1. The van der Waals surface area contributed by atoms with E-state index < -0.39 is 17.5 Å². The summed E-state index contributed by atoms with van der Waals surface area (Å²) >= 11 is 0. The Labute approximate surface area is 122 Å². The average Bonchev–Trinajstić information content (AvgIpc) is 2.30. The maximum absolute atomic E-state index is 12.2. The lowest BCUT2D eigenvalue weighted by Crippen LogP contribution is -2.29. The number of unbranched alkanes of at least 4 members (excludes halogenated alkanes) is 2. The number of carbonyl (C=O) groups excluding carboxylic acids is 1. The molecule has 0 aromatic carbocycles. The molecule has 0 radical (unpaired) electrons. The highest BCUT2D eigenvalue weighted by molar-refractivity contribution is 5.73. The third-order valence-corrected chi connectivity index (χ3v) is 3.27. The van der Waals surface area contributed by atoms with Crippen molar-refractivity contribution < 1.29 is 19.4 Å². The van der Waals surface area contributed by atoms with Gasteiger partial charge >= 0.3 is 11.9 Å². The van der Waals surface area contributed by atoms with E-state index in [0.717, 1.165) is 25.7 Å². The lowest BCUT2D eigenvalue weighted by Gasteiger charge is -2.24. The van der Waals surface area contributed by atoms with E-state index in [2.05, 4.69) is 6.92 Å². The highest BCUT2D eigenvalue weighted by Gasteiger charge is 2.26. The summed E-state index contributed by atoms with van der Waals surface area (Å²) in [4.78, 5) is 23.0. The smallest absolute Gasteiger partial charge is 0.309 e. The third-order valence-electron chi connectivity index (χ3n) is 3.27. The lowest BCUT2D eigenvalue weighted by atomic mass is 9.92. The average molecular weight is 286 g/mol. The van der Waals surface area contributed by atoms with Crippen LogP contribution in [-0.2, 0) is 14.3 Å². The van der Waals surface area contributed by atoms with Gasteiger partial charge in [0.15, 0.2) is 0 Å². The number of carboxylic acids is 1. The van der Waals surface area contributed by atoms with Crippen LogP contribution in [0.15, 0.2) is 0 Å². The Morgan fingerprint density at radius 1 is 1.10 bits per heavy atom. The normalized spacial score (nSPS) is 14.7. The largest absolute Gasteiger partial charge is 0.481 e. The van der Waals surface area contributed by atoms with E-state index in [9.17, 15) is 9.59 Å². The van der Waals surface area contributed by atoms with Crippen molar-refractivity contribution in [2.24, 2.45) is 11.8 Å². The molecule has 0 aliphatic rings. The van der Waals surface area contributed by atoms with Crippen molar-refractivity contribution in [1.82, 2.24) is 0 Å². The van der Waals surface area contributed by atoms with Crippen LogP contribution in [0, 0.1) is 11.8 Å². The molecule has 0 fully saturated rings. The molecule has 0 aromatic heterocycles. The van der Waals surface area contributed by atoms with Gasteiger partial charge in [0.05, 0.1) is 11.8 Å². The van der Waals surface area contributed by atoms with E-state index in [1.165, 1.54) is 0 Å². The molecule has 0 aromatic rings. The van der Waals surface area contributed by atoms with Crippen LogP contribution < -0.4 is 0 Å². The number of aliphatic carboxylic acids is 1. The standard InChI is InChI=1S/C16H30O4/c1-6-7-8-9-13(11-10-12(2)14(17)18)15(19)20-16(3,4)5/h12-13H,6-11H2,1-5H3,(H,17,18). The Bertz CT molecular complexity index is 304. The second-order valence-corrected chi connectivity index (χ2v) is 6.54. The SMILES string of the molecule is CCCCCC(CCC(C)C(=O)O)C(=O)OC(C)(C)C. The maximum Gasteiger partial charge on any atom is 0.309 e. The number of carbonyl (C=O) groups is 2. The molecule has 2 atom stereocenters. The van der Waals surface area contributed by atoms with Crippen molar-refractivity contribution in [3.63, 3.8) is 0 Å². The van der Waals surface area contributed by atoms with Crippen molar-refractivity contribution in [3.8, 4) is 0 Å². The van der Waals surface area contributed by atoms with Crippen molar-refractivity contribution in [2.75, 3.05) is 0 Å². The van der Waals surface area contributed by atoms with Gasteiger partial charge in [0.25, 0.3) is 0 Å².